The predicted octanol–water partition coefficient (Wildman–Crippen LogP) is -0.522. The highest BCUT2D eigenvalue weighted by Crippen LogP contribution is 2.21. The smallest absolute Gasteiger partial charge is 0.249 e. The minimum Gasteiger partial charge on any atom is -0.367 e. The highest BCUT2D eigenvalue weighted by Gasteiger charge is 2.42. The second-order valence-corrected chi connectivity index (χ2v) is 1.96. The van der Waals surface area contributed by atoms with Crippen molar-refractivity contribution in [3.8, 4) is 0 Å². The first-order valence-corrected chi connectivity index (χ1v) is 2.80. The number of alkyl halides is 1. The van der Waals surface area contributed by atoms with Crippen molar-refractivity contribution >= 4 is 17.5 Å². The average Bonchev–Trinajstić information content (AvgIpc) is 2.42. The first kappa shape index (κ1) is 5.85. The fourth-order valence-electron chi connectivity index (χ4n) is 0.511. The van der Waals surface area contributed by atoms with E-state index in [9.17, 15) is 4.79 Å². The van der Waals surface area contributed by atoms with Crippen LogP contribution in [-0.4, -0.2) is 24.0 Å². The van der Waals surface area contributed by atoms with Crippen LogP contribution in [0.4, 0.5) is 0 Å². The zero-order valence-corrected chi connectivity index (χ0v) is 4.89. The molecule has 1 rings (SSSR count). The van der Waals surface area contributed by atoms with E-state index in [-0.39, 0.29) is 6.10 Å². The van der Waals surface area contributed by atoms with E-state index < -0.39 is 12.0 Å². The van der Waals surface area contributed by atoms with E-state index in [1.54, 1.807) is 0 Å². The normalized spacial score (nSPS) is 34.6. The summed E-state index contributed by atoms with van der Waals surface area (Å²) in [4.78, 5) is 10.2. The van der Waals surface area contributed by atoms with Crippen LogP contribution < -0.4 is 5.73 Å². The number of hydrogen-bond acceptors (Lipinski definition) is 2. The first-order valence-electron chi connectivity index (χ1n) is 2.26. The first-order chi connectivity index (χ1) is 3.75. The maximum Gasteiger partial charge on any atom is 0.249 e. The molecule has 1 heterocycles. The van der Waals surface area contributed by atoms with Gasteiger partial charge in [-0.15, -0.1) is 11.6 Å². The van der Waals surface area contributed by atoms with Crippen LogP contribution in [0.25, 0.3) is 0 Å². The summed E-state index contributed by atoms with van der Waals surface area (Å²) < 4.78 is 4.72. The van der Waals surface area contributed by atoms with Gasteiger partial charge in [-0.05, 0) is 0 Å². The van der Waals surface area contributed by atoms with Crippen LogP contribution in [0, 0.1) is 0 Å². The summed E-state index contributed by atoms with van der Waals surface area (Å²) in [6.07, 6.45) is -0.526. The molecule has 1 aliphatic heterocycles. The molecule has 0 radical (unpaired) electrons. The third kappa shape index (κ3) is 0.928. The Morgan fingerprint density at radius 2 is 2.50 bits per heavy atom. The molecule has 0 bridgehead atoms. The third-order valence-electron chi connectivity index (χ3n) is 1.01. The van der Waals surface area contributed by atoms with Gasteiger partial charge in [0.15, 0.2) is 6.10 Å². The summed E-state index contributed by atoms with van der Waals surface area (Å²) in [6, 6.07) is 0. The van der Waals surface area contributed by atoms with Crippen LogP contribution in [0.1, 0.15) is 0 Å². The number of carbonyl (C=O) groups is 1. The van der Waals surface area contributed by atoms with Crippen LogP contribution in [0.5, 0.6) is 0 Å². The zero-order valence-electron chi connectivity index (χ0n) is 4.13. The van der Waals surface area contributed by atoms with Gasteiger partial charge in [-0.3, -0.25) is 4.79 Å². The van der Waals surface area contributed by atoms with E-state index in [4.69, 9.17) is 22.1 Å². The summed E-state index contributed by atoms with van der Waals surface area (Å²) in [7, 11) is 0. The Kier molecular flexibility index (Phi) is 1.40. The Bertz CT molecular complexity index is 117. The standard InChI is InChI=1S/C4H6ClNO2/c5-1-2-3(8-2)4(6)7/h2-3H,1H2,(H2,6,7)/t2-,3-/m1/s1. The van der Waals surface area contributed by atoms with Crippen LogP contribution in [0.3, 0.4) is 0 Å². The topological polar surface area (TPSA) is 55.6 Å². The molecule has 8 heavy (non-hydrogen) atoms. The molecule has 0 aliphatic carbocycles. The number of hydrogen-bond donors (Lipinski definition) is 1. The van der Waals surface area contributed by atoms with Crippen molar-refractivity contribution in [2.24, 2.45) is 5.73 Å². The Hall–Kier alpha value is -0.280. The maximum absolute atomic E-state index is 10.2. The Morgan fingerprint density at radius 1 is 1.88 bits per heavy atom. The molecule has 1 aliphatic rings. The lowest BCUT2D eigenvalue weighted by Gasteiger charge is -1.78. The molecular formula is C4H6ClNO2. The van der Waals surface area contributed by atoms with E-state index in [0.29, 0.717) is 5.88 Å². The van der Waals surface area contributed by atoms with Gasteiger partial charge in [0.1, 0.15) is 6.10 Å². The molecule has 2 atom stereocenters. The monoisotopic (exact) mass is 135 g/mol. The van der Waals surface area contributed by atoms with Gasteiger partial charge in [-0.25, -0.2) is 0 Å². The second-order valence-electron chi connectivity index (χ2n) is 1.65. The van der Waals surface area contributed by atoms with Gasteiger partial charge in [-0.2, -0.15) is 0 Å². The van der Waals surface area contributed by atoms with Crippen molar-refractivity contribution in [1.82, 2.24) is 0 Å². The van der Waals surface area contributed by atoms with Gasteiger partial charge in [0, 0.05) is 0 Å². The molecular weight excluding hydrogens is 130 g/mol. The molecule has 46 valence electrons. The molecule has 3 nitrogen and oxygen atoms in total. The minimum absolute atomic E-state index is 0.117. The van der Waals surface area contributed by atoms with E-state index in [2.05, 4.69) is 0 Å². The zero-order chi connectivity index (χ0) is 6.15. The minimum atomic E-state index is -0.421. The summed E-state index contributed by atoms with van der Waals surface area (Å²) in [6.45, 7) is 0. The molecule has 0 aromatic rings. The molecule has 0 spiro atoms. The number of carbonyl (C=O) groups excluding carboxylic acids is 1. The van der Waals surface area contributed by atoms with E-state index in [1.807, 2.05) is 0 Å². The van der Waals surface area contributed by atoms with Gasteiger partial charge in [0.25, 0.3) is 0 Å². The summed E-state index contributed by atoms with van der Waals surface area (Å²) in [5, 5.41) is 0. The quantitative estimate of drug-likeness (QED) is 0.409. The van der Waals surface area contributed by atoms with E-state index in [0.717, 1.165) is 0 Å². The SMILES string of the molecule is NC(=O)[C@@H]1O[C@@H]1CCl. The number of primary amides is 1. The molecule has 0 unspecified atom stereocenters. The molecule has 0 aromatic heterocycles. The van der Waals surface area contributed by atoms with Crippen LogP contribution in [-0.2, 0) is 9.53 Å². The highest BCUT2D eigenvalue weighted by atomic mass is 35.5. The lowest BCUT2D eigenvalue weighted by atomic mass is 10.3. The Balaban J connectivity index is 2.26. The van der Waals surface area contributed by atoms with Crippen LogP contribution in [0.2, 0.25) is 0 Å². The van der Waals surface area contributed by atoms with E-state index >= 15 is 0 Å². The number of halogens is 1. The molecule has 1 amide bonds. The predicted molar refractivity (Wildman–Crippen MR) is 28.6 cm³/mol. The van der Waals surface area contributed by atoms with Crippen LogP contribution >= 0.6 is 11.6 Å². The Morgan fingerprint density at radius 3 is 2.62 bits per heavy atom. The van der Waals surface area contributed by atoms with Crippen molar-refractivity contribution in [1.29, 1.82) is 0 Å². The van der Waals surface area contributed by atoms with Crippen molar-refractivity contribution < 1.29 is 9.53 Å². The maximum atomic E-state index is 10.2. The number of nitrogens with two attached hydrogens (primary N) is 1. The molecule has 2 N–H and O–H groups in total. The van der Waals surface area contributed by atoms with Crippen molar-refractivity contribution in [3.05, 3.63) is 0 Å². The lowest BCUT2D eigenvalue weighted by Crippen LogP contribution is -2.20. The van der Waals surface area contributed by atoms with Crippen molar-refractivity contribution in [3.63, 3.8) is 0 Å². The molecule has 0 saturated carbocycles. The number of amides is 1. The number of rotatable bonds is 2. The molecule has 0 aromatic carbocycles. The highest BCUT2D eigenvalue weighted by molar-refractivity contribution is 6.18. The average molecular weight is 136 g/mol. The second kappa shape index (κ2) is 1.91. The van der Waals surface area contributed by atoms with Gasteiger partial charge >= 0.3 is 0 Å². The molecule has 1 fully saturated rings. The Labute approximate surface area is 51.7 Å². The van der Waals surface area contributed by atoms with Gasteiger partial charge < -0.3 is 10.5 Å². The van der Waals surface area contributed by atoms with Gasteiger partial charge in [0.05, 0.1) is 5.88 Å². The fraction of sp³-hybridized carbons (Fsp3) is 0.750. The third-order valence-corrected chi connectivity index (χ3v) is 1.32. The summed E-state index contributed by atoms with van der Waals surface area (Å²) in [5.41, 5.74) is 4.84. The largest absolute Gasteiger partial charge is 0.367 e. The summed E-state index contributed by atoms with van der Waals surface area (Å²) >= 11 is 5.30. The number of ether oxygens (including phenoxy) is 1. The van der Waals surface area contributed by atoms with Crippen molar-refractivity contribution in [2.45, 2.75) is 12.2 Å². The molecule has 4 heteroatoms. The van der Waals surface area contributed by atoms with Gasteiger partial charge in [-0.1, -0.05) is 0 Å². The van der Waals surface area contributed by atoms with Gasteiger partial charge in [0.2, 0.25) is 5.91 Å². The lowest BCUT2D eigenvalue weighted by molar-refractivity contribution is -0.119. The van der Waals surface area contributed by atoms with Crippen molar-refractivity contribution in [2.75, 3.05) is 5.88 Å². The van der Waals surface area contributed by atoms with E-state index in [1.165, 1.54) is 0 Å². The fourth-order valence-corrected chi connectivity index (χ4v) is 0.745. The number of epoxide rings is 1. The van der Waals surface area contributed by atoms with Crippen LogP contribution in [0.15, 0.2) is 0 Å². The summed E-state index contributed by atoms with van der Waals surface area (Å²) in [5.74, 6) is -0.0659. The molecule has 1 saturated heterocycles.